The van der Waals surface area contributed by atoms with Gasteiger partial charge in [-0.3, -0.25) is 0 Å². The molecule has 2 heterocycles. The maximum absolute atomic E-state index is 7.13. The number of thiocarbonyl (C=S) groups is 1. The van der Waals surface area contributed by atoms with Crippen LogP contribution in [0.25, 0.3) is 28.2 Å². The van der Waals surface area contributed by atoms with Crippen molar-refractivity contribution in [2.45, 2.75) is 0 Å². The van der Waals surface area contributed by atoms with Crippen LogP contribution in [-0.2, 0) is 0 Å². The van der Waals surface area contributed by atoms with Gasteiger partial charge in [0.15, 0.2) is 0 Å². The zero-order valence-electron chi connectivity index (χ0n) is 10.8. The van der Waals surface area contributed by atoms with Crippen LogP contribution in [0.3, 0.4) is 0 Å². The summed E-state index contributed by atoms with van der Waals surface area (Å²) >= 11 is 12.5. The number of benzene rings is 1. The van der Waals surface area contributed by atoms with Gasteiger partial charge < -0.3 is 16.0 Å². The Morgan fingerprint density at radius 1 is 1.00 bits per heavy atom. The van der Waals surface area contributed by atoms with Gasteiger partial charge in [0.1, 0.15) is 0 Å². The van der Waals surface area contributed by atoms with Gasteiger partial charge in [0.2, 0.25) is 0 Å². The summed E-state index contributed by atoms with van der Waals surface area (Å²) in [7, 11) is 0. The van der Waals surface area contributed by atoms with Crippen molar-refractivity contribution in [2.24, 2.45) is 0 Å². The largest absolute Gasteiger partial charge is 0.753 e. The van der Waals surface area contributed by atoms with E-state index in [0.29, 0.717) is 0 Å². The second-order valence-electron chi connectivity index (χ2n) is 3.73. The summed E-state index contributed by atoms with van der Waals surface area (Å²) in [4.78, 5) is 0. The van der Waals surface area contributed by atoms with Gasteiger partial charge in [-0.15, -0.1) is 36.6 Å². The average molecular weight is 599 g/mol. The Morgan fingerprint density at radius 2 is 1.33 bits per heavy atom. The Kier molecular flexibility index (Phi) is 10.1. The molecule has 0 saturated carbocycles. The molecule has 0 aliphatic carbocycles. The second kappa shape index (κ2) is 11.0. The fourth-order valence-electron chi connectivity index (χ4n) is 1.86. The fourth-order valence-corrected chi connectivity index (χ4v) is 1.86. The maximum atomic E-state index is 7.13. The number of halogens is 3. The molecule has 0 N–H and O–H groups in total. The maximum Gasteiger partial charge on any atom is -0.0548 e. The molecule has 0 atom stereocenters. The number of rotatable bonds is 0. The van der Waals surface area contributed by atoms with Crippen LogP contribution in [0.5, 0.6) is 0 Å². The summed E-state index contributed by atoms with van der Waals surface area (Å²) in [6.45, 7) is 1.56. The molecule has 21 heavy (non-hydrogen) atoms. The smallest absolute Gasteiger partial charge is 0.0548 e. The van der Waals surface area contributed by atoms with Crippen molar-refractivity contribution in [1.29, 1.82) is 0 Å². The van der Waals surface area contributed by atoms with Gasteiger partial charge in [-0.05, 0) is 11.1 Å². The third-order valence-electron chi connectivity index (χ3n) is 2.52. The van der Waals surface area contributed by atoms with Gasteiger partial charge in [0, 0.05) is 0 Å². The molecule has 0 saturated heterocycles. The third kappa shape index (κ3) is 6.96. The molecule has 2 aliphatic rings. The van der Waals surface area contributed by atoms with Gasteiger partial charge >= 0.3 is 51.2 Å². The predicted octanol–water partition coefficient (Wildman–Crippen LogP) is 6.57. The van der Waals surface area contributed by atoms with Crippen LogP contribution in [-0.4, -0.2) is 31.3 Å². The Labute approximate surface area is 155 Å². The molecule has 3 rings (SSSR count). The molecule has 0 fully saturated rings. The number of fused-ring (bicyclic) bond motifs is 3. The standard InChI is InChI=1S/C12H10N2.CNS.3BrH.Sn/c1-3-9-5-6-10-4-2-8-14-12(10)11(9)13-7-1;2-1-3;;;;/h1-6H,7-8H2;;3*1H;/q-2;-1;;;;+3/p-3. The molecule has 0 aromatic heterocycles. The second-order valence-corrected chi connectivity index (χ2v) is 42.5. The molecule has 1 radical (unpaired) electrons. The van der Waals surface area contributed by atoms with E-state index in [4.69, 9.17) is 5.41 Å². The molecule has 8 heteroatoms. The third-order valence-corrected chi connectivity index (χ3v) is 2.52. The molecule has 1 aromatic rings. The monoisotopic (exact) mass is 597 g/mol. The van der Waals surface area contributed by atoms with Gasteiger partial charge in [0.25, 0.3) is 0 Å². The summed E-state index contributed by atoms with van der Waals surface area (Å²) in [5.41, 5.74) is 4.51. The van der Waals surface area contributed by atoms with Crippen molar-refractivity contribution in [3.8, 4) is 0 Å². The molecule has 3 nitrogen and oxygen atoms in total. The van der Waals surface area contributed by atoms with Crippen LogP contribution < -0.4 is 0 Å². The summed E-state index contributed by atoms with van der Waals surface area (Å²) in [6.07, 6.45) is 8.40. The minimum Gasteiger partial charge on any atom is -0.753 e. The molecule has 0 amide bonds. The Hall–Kier alpha value is 0.339. The molecule has 2 aliphatic heterocycles. The summed E-state index contributed by atoms with van der Waals surface area (Å²) < 4.78 is 0. The van der Waals surface area contributed by atoms with Crippen molar-refractivity contribution in [3.05, 3.63) is 51.5 Å². The van der Waals surface area contributed by atoms with Crippen molar-refractivity contribution >= 4 is 92.1 Å². The first-order chi connectivity index (χ1) is 10.1. The molecule has 111 valence electrons. The van der Waals surface area contributed by atoms with E-state index in [-0.39, 0.29) is 0 Å². The van der Waals surface area contributed by atoms with Crippen LogP contribution in [0.2, 0.25) is 0 Å². The zero-order valence-corrected chi connectivity index (χ0v) is 19.2. The first-order valence-electron chi connectivity index (χ1n) is 5.80. The summed E-state index contributed by atoms with van der Waals surface area (Å²) in [5, 5.41) is 17.5. The first-order valence-corrected chi connectivity index (χ1v) is 25.4. The SMILES string of the molecule is C1=Cc2ccc3c(c2[N-]C1)[N-]CC=C3.[Br][Sn]([Br])[Br].[N-]=C=S. The Bertz CT molecular complexity index is 526. The minimum absolute atomic E-state index is 0.780. The van der Waals surface area contributed by atoms with E-state index in [1.54, 1.807) is 0 Å². The molecule has 1 aromatic carbocycles. The molecule has 0 bridgehead atoms. The van der Waals surface area contributed by atoms with E-state index in [0.717, 1.165) is 24.5 Å². The van der Waals surface area contributed by atoms with Crippen LogP contribution in [0.1, 0.15) is 11.1 Å². The fraction of sp³-hybridized carbons (Fsp3) is 0.154. The van der Waals surface area contributed by atoms with E-state index >= 15 is 0 Å². The van der Waals surface area contributed by atoms with Crippen molar-refractivity contribution in [2.75, 3.05) is 13.1 Å². The Balaban J connectivity index is 0.000000270. The van der Waals surface area contributed by atoms with Crippen LogP contribution >= 0.6 is 50.3 Å². The molecular formula is C13H10Br3N3SSn-3. The summed E-state index contributed by atoms with van der Waals surface area (Å²) in [6, 6.07) is 4.22. The van der Waals surface area contributed by atoms with Crippen LogP contribution in [0, 0.1) is 0 Å². The van der Waals surface area contributed by atoms with Crippen molar-refractivity contribution in [1.82, 2.24) is 0 Å². The van der Waals surface area contributed by atoms with Crippen molar-refractivity contribution < 1.29 is 0 Å². The normalized spacial score (nSPS) is 13.1. The van der Waals surface area contributed by atoms with Crippen LogP contribution in [0.15, 0.2) is 24.3 Å². The van der Waals surface area contributed by atoms with E-state index in [9.17, 15) is 0 Å². The average Bonchev–Trinajstić information content (AvgIpc) is 2.47. The Morgan fingerprint density at radius 3 is 1.67 bits per heavy atom. The van der Waals surface area contributed by atoms with Crippen molar-refractivity contribution in [3.63, 3.8) is 0 Å². The van der Waals surface area contributed by atoms with Crippen LogP contribution in [0.4, 0.5) is 11.4 Å². The van der Waals surface area contributed by atoms with E-state index < -0.39 is 13.1 Å². The number of hydrogen-bond donors (Lipinski definition) is 0. The quantitative estimate of drug-likeness (QED) is 0.190. The van der Waals surface area contributed by atoms with Gasteiger partial charge in [-0.1, -0.05) is 36.5 Å². The summed E-state index contributed by atoms with van der Waals surface area (Å²) in [5.74, 6) is 0. The van der Waals surface area contributed by atoms with Gasteiger partial charge in [-0.25, -0.2) is 0 Å². The zero-order chi connectivity index (χ0) is 15.7. The molecular weight excluding hydrogens is 589 g/mol. The first kappa shape index (κ1) is 19.4. The topological polar surface area (TPSA) is 50.5 Å². The van der Waals surface area contributed by atoms with E-state index in [1.165, 1.54) is 16.3 Å². The van der Waals surface area contributed by atoms with E-state index in [2.05, 4.69) is 97.4 Å². The molecule has 0 spiro atoms. The number of hydrogen-bond acceptors (Lipinski definition) is 1. The number of isothiocyanates is 1. The van der Waals surface area contributed by atoms with Gasteiger partial charge in [0.05, 0.1) is 0 Å². The number of nitrogens with zero attached hydrogens (tertiary/aromatic N) is 3. The predicted molar refractivity (Wildman–Crippen MR) is 109 cm³/mol. The van der Waals surface area contributed by atoms with E-state index in [1.807, 2.05) is 0 Å². The van der Waals surface area contributed by atoms with Gasteiger partial charge in [-0.2, -0.15) is 5.16 Å². The minimum atomic E-state index is -1.11. The molecule has 0 unspecified atom stereocenters.